The van der Waals surface area contributed by atoms with Crippen LogP contribution in [0.4, 0.5) is 18.9 Å². The van der Waals surface area contributed by atoms with Crippen LogP contribution >= 0.6 is 0 Å². The van der Waals surface area contributed by atoms with Gasteiger partial charge in [0, 0.05) is 18.8 Å². The van der Waals surface area contributed by atoms with Gasteiger partial charge in [-0.25, -0.2) is 4.98 Å². The normalized spacial score (nSPS) is 17.3. The first-order valence-corrected chi connectivity index (χ1v) is 7.58. The lowest BCUT2D eigenvalue weighted by Crippen LogP contribution is -2.40. The Hall–Kier alpha value is -2.13. The van der Waals surface area contributed by atoms with Gasteiger partial charge in [-0.15, -0.1) is 0 Å². The maximum Gasteiger partial charge on any atom is 0.449 e. The van der Waals surface area contributed by atoms with E-state index in [0.717, 1.165) is 0 Å². The van der Waals surface area contributed by atoms with Crippen molar-refractivity contribution >= 4 is 22.6 Å². The molecule has 0 saturated carbocycles. The summed E-state index contributed by atoms with van der Waals surface area (Å²) in [5.41, 5.74) is 0.800. The number of hydrogen-bond acceptors (Lipinski definition) is 4. The average Bonchev–Trinajstić information content (AvgIpc) is 2.93. The molecule has 0 atom stereocenters. The second-order valence-electron chi connectivity index (χ2n) is 5.87. The van der Waals surface area contributed by atoms with Gasteiger partial charge in [0.25, 0.3) is 0 Å². The van der Waals surface area contributed by atoms with Crippen LogP contribution in [0.3, 0.4) is 0 Å². The zero-order valence-corrected chi connectivity index (χ0v) is 12.7. The maximum atomic E-state index is 12.6. The first-order valence-electron chi connectivity index (χ1n) is 7.58. The molecule has 1 amide bonds. The number of piperidine rings is 1. The molecule has 2 aromatic rings. The number of H-pyrrole nitrogens is 1. The van der Waals surface area contributed by atoms with E-state index in [0.29, 0.717) is 31.6 Å². The Morgan fingerprint density at radius 2 is 2.08 bits per heavy atom. The summed E-state index contributed by atoms with van der Waals surface area (Å²) in [6.45, 7) is 1.47. The van der Waals surface area contributed by atoms with Crippen LogP contribution in [0.1, 0.15) is 18.7 Å². The molecule has 1 aromatic carbocycles. The highest BCUT2D eigenvalue weighted by Gasteiger charge is 2.34. The van der Waals surface area contributed by atoms with Gasteiger partial charge in [0.05, 0.1) is 23.7 Å². The number of halogens is 3. The van der Waals surface area contributed by atoms with Crippen LogP contribution in [0.5, 0.6) is 0 Å². The molecule has 0 bridgehead atoms. The van der Waals surface area contributed by atoms with E-state index in [2.05, 4.69) is 15.3 Å². The van der Waals surface area contributed by atoms with Gasteiger partial charge in [0.2, 0.25) is 11.7 Å². The van der Waals surface area contributed by atoms with Crippen LogP contribution in [0.25, 0.3) is 11.0 Å². The predicted molar refractivity (Wildman–Crippen MR) is 81.4 cm³/mol. The quantitative estimate of drug-likeness (QED) is 0.797. The highest BCUT2D eigenvalue weighted by Crippen LogP contribution is 2.29. The van der Waals surface area contributed by atoms with Gasteiger partial charge >= 0.3 is 6.18 Å². The van der Waals surface area contributed by atoms with Crippen molar-refractivity contribution in [2.24, 2.45) is 0 Å². The number of carbonyl (C=O) groups is 1. The number of likely N-dealkylation sites (tertiary alicyclic amines) is 1. The van der Waals surface area contributed by atoms with E-state index in [1.807, 2.05) is 4.90 Å². The minimum absolute atomic E-state index is 0.182. The van der Waals surface area contributed by atoms with E-state index in [4.69, 9.17) is 0 Å². The van der Waals surface area contributed by atoms with E-state index >= 15 is 0 Å². The molecule has 1 fully saturated rings. The molecule has 0 spiro atoms. The first kappa shape index (κ1) is 16.7. The number of aliphatic hydroxyl groups excluding tert-OH is 1. The van der Waals surface area contributed by atoms with Crippen LogP contribution in [-0.4, -0.2) is 51.6 Å². The molecule has 2 heterocycles. The molecule has 0 aliphatic carbocycles. The molecule has 0 unspecified atom stereocenters. The topological polar surface area (TPSA) is 81.2 Å². The minimum atomic E-state index is -4.54. The Labute approximate surface area is 135 Å². The number of aliphatic hydroxyl groups is 1. The fourth-order valence-corrected chi connectivity index (χ4v) is 2.70. The number of fused-ring (bicyclic) bond motifs is 1. The Morgan fingerprint density at radius 1 is 1.38 bits per heavy atom. The van der Waals surface area contributed by atoms with Crippen molar-refractivity contribution in [1.29, 1.82) is 0 Å². The van der Waals surface area contributed by atoms with Gasteiger partial charge < -0.3 is 15.4 Å². The van der Waals surface area contributed by atoms with E-state index in [-0.39, 0.29) is 29.6 Å². The number of aromatic nitrogens is 2. The number of rotatable bonds is 3. The number of benzene rings is 1. The van der Waals surface area contributed by atoms with E-state index in [1.54, 1.807) is 0 Å². The lowest BCUT2D eigenvalue weighted by Gasteiger charge is -2.28. The summed E-state index contributed by atoms with van der Waals surface area (Å²) in [5.74, 6) is -1.31. The predicted octanol–water partition coefficient (Wildman–Crippen LogP) is 1.98. The second-order valence-corrected chi connectivity index (χ2v) is 5.87. The Balaban J connectivity index is 1.65. The Bertz CT molecular complexity index is 736. The van der Waals surface area contributed by atoms with E-state index in [1.165, 1.54) is 18.2 Å². The maximum absolute atomic E-state index is 12.6. The summed E-state index contributed by atoms with van der Waals surface area (Å²) in [5, 5.41) is 12.1. The summed E-state index contributed by atoms with van der Waals surface area (Å²) in [6, 6.07) is 4.37. The summed E-state index contributed by atoms with van der Waals surface area (Å²) in [7, 11) is 0. The third-order valence-electron chi connectivity index (χ3n) is 3.96. The van der Waals surface area contributed by atoms with Crippen molar-refractivity contribution in [3.8, 4) is 0 Å². The first-order chi connectivity index (χ1) is 11.3. The number of aromatic amines is 1. The molecular weight excluding hydrogens is 325 g/mol. The fraction of sp³-hybridized carbons (Fsp3) is 0.467. The third-order valence-corrected chi connectivity index (χ3v) is 3.96. The molecule has 6 nitrogen and oxygen atoms in total. The van der Waals surface area contributed by atoms with Crippen molar-refractivity contribution in [3.63, 3.8) is 0 Å². The fourth-order valence-electron chi connectivity index (χ4n) is 2.70. The zero-order valence-electron chi connectivity index (χ0n) is 12.7. The second kappa shape index (κ2) is 6.40. The third kappa shape index (κ3) is 3.85. The zero-order chi connectivity index (χ0) is 17.3. The number of alkyl halides is 3. The molecule has 1 aliphatic rings. The average molecular weight is 342 g/mol. The number of anilines is 1. The van der Waals surface area contributed by atoms with Crippen LogP contribution in [0.15, 0.2) is 18.2 Å². The molecular formula is C15H17F3N4O2. The van der Waals surface area contributed by atoms with Crippen molar-refractivity contribution in [2.45, 2.75) is 25.1 Å². The van der Waals surface area contributed by atoms with Crippen molar-refractivity contribution in [2.75, 3.05) is 25.0 Å². The van der Waals surface area contributed by atoms with E-state index < -0.39 is 12.0 Å². The molecule has 1 aliphatic heterocycles. The van der Waals surface area contributed by atoms with Gasteiger partial charge in [0.1, 0.15) is 0 Å². The molecule has 1 aromatic heterocycles. The van der Waals surface area contributed by atoms with Gasteiger partial charge in [-0.05, 0) is 31.0 Å². The summed E-state index contributed by atoms with van der Waals surface area (Å²) in [4.78, 5) is 19.7. The standard InChI is InChI=1S/C15H17F3N4O2/c16-15(17,18)14-20-11-2-1-9(7-12(11)21-14)19-13(24)8-22-5-3-10(23)4-6-22/h1-2,7,10,23H,3-6,8H2,(H,19,24)(H,20,21). The van der Waals surface area contributed by atoms with Gasteiger partial charge in [-0.3, -0.25) is 9.69 Å². The largest absolute Gasteiger partial charge is 0.449 e. The van der Waals surface area contributed by atoms with Crippen molar-refractivity contribution in [1.82, 2.24) is 14.9 Å². The van der Waals surface area contributed by atoms with E-state index in [9.17, 15) is 23.1 Å². The summed E-state index contributed by atoms with van der Waals surface area (Å²) < 4.78 is 37.9. The number of carbonyl (C=O) groups excluding carboxylic acids is 1. The highest BCUT2D eigenvalue weighted by molar-refractivity contribution is 5.94. The summed E-state index contributed by atoms with van der Waals surface area (Å²) >= 11 is 0. The molecule has 3 N–H and O–H groups in total. The van der Waals surface area contributed by atoms with Crippen LogP contribution in [0.2, 0.25) is 0 Å². The number of amides is 1. The number of imidazole rings is 1. The van der Waals surface area contributed by atoms with Gasteiger partial charge in [0.15, 0.2) is 0 Å². The minimum Gasteiger partial charge on any atom is -0.393 e. The number of hydrogen-bond donors (Lipinski definition) is 3. The van der Waals surface area contributed by atoms with Gasteiger partial charge in [-0.2, -0.15) is 13.2 Å². The molecule has 0 radical (unpaired) electrons. The Kier molecular flexibility index (Phi) is 4.46. The lowest BCUT2D eigenvalue weighted by atomic mass is 10.1. The van der Waals surface area contributed by atoms with Crippen LogP contribution < -0.4 is 5.32 Å². The van der Waals surface area contributed by atoms with Crippen LogP contribution in [0, 0.1) is 0 Å². The molecule has 3 rings (SSSR count). The molecule has 9 heteroatoms. The Morgan fingerprint density at radius 3 is 2.75 bits per heavy atom. The monoisotopic (exact) mass is 342 g/mol. The van der Waals surface area contributed by atoms with Crippen molar-refractivity contribution in [3.05, 3.63) is 24.0 Å². The smallest absolute Gasteiger partial charge is 0.393 e. The van der Waals surface area contributed by atoms with Gasteiger partial charge in [-0.1, -0.05) is 0 Å². The SMILES string of the molecule is O=C(CN1CCC(O)CC1)Nc1ccc2nc(C(F)(F)F)[nH]c2c1. The molecule has 24 heavy (non-hydrogen) atoms. The molecule has 1 saturated heterocycles. The summed E-state index contributed by atoms with van der Waals surface area (Å²) in [6.07, 6.45) is -3.59. The number of nitrogens with one attached hydrogen (secondary N) is 2. The van der Waals surface area contributed by atoms with Crippen LogP contribution in [-0.2, 0) is 11.0 Å². The lowest BCUT2D eigenvalue weighted by molar-refractivity contribution is -0.144. The number of nitrogens with zero attached hydrogens (tertiary/aromatic N) is 2. The highest BCUT2D eigenvalue weighted by atomic mass is 19.4. The van der Waals surface area contributed by atoms with Crippen molar-refractivity contribution < 1.29 is 23.1 Å². The molecule has 130 valence electrons.